The molecule has 2 amide bonds. The Morgan fingerprint density at radius 2 is 1.83 bits per heavy atom. The van der Waals surface area contributed by atoms with Crippen LogP contribution in [0.3, 0.4) is 0 Å². The highest BCUT2D eigenvalue weighted by atomic mass is 16.5. The molecule has 0 saturated carbocycles. The summed E-state index contributed by atoms with van der Waals surface area (Å²) >= 11 is 0. The second-order valence-corrected chi connectivity index (χ2v) is 6.98. The van der Waals surface area contributed by atoms with Crippen LogP contribution in [0.1, 0.15) is 24.5 Å². The van der Waals surface area contributed by atoms with E-state index in [1.54, 1.807) is 25.1 Å². The van der Waals surface area contributed by atoms with Crippen molar-refractivity contribution in [3.8, 4) is 0 Å². The fraction of sp³-hybridized carbons (Fsp3) is 0.261. The maximum atomic E-state index is 12.9. The number of carbonyl (C=O) groups is 3. The summed E-state index contributed by atoms with van der Waals surface area (Å²) in [6, 6.07) is 15.0. The van der Waals surface area contributed by atoms with Crippen LogP contribution in [-0.2, 0) is 25.7 Å². The quantitative estimate of drug-likeness (QED) is 0.689. The van der Waals surface area contributed by atoms with Crippen LogP contribution in [-0.4, -0.2) is 30.9 Å². The molecule has 0 aromatic heterocycles. The Balaban J connectivity index is 1.73. The van der Waals surface area contributed by atoms with Crippen LogP contribution in [0.25, 0.3) is 0 Å². The number of para-hydroxylation sites is 2. The lowest BCUT2D eigenvalue weighted by Gasteiger charge is -2.21. The molecule has 1 aliphatic heterocycles. The molecule has 0 atom stereocenters. The van der Waals surface area contributed by atoms with Crippen molar-refractivity contribution < 1.29 is 19.1 Å². The van der Waals surface area contributed by atoms with Gasteiger partial charge in [0.05, 0.1) is 24.4 Å². The second kappa shape index (κ2) is 9.73. The van der Waals surface area contributed by atoms with Crippen molar-refractivity contribution in [2.24, 2.45) is 0 Å². The fourth-order valence-corrected chi connectivity index (χ4v) is 3.10. The van der Waals surface area contributed by atoms with Gasteiger partial charge in [-0.15, -0.1) is 0 Å². The van der Waals surface area contributed by atoms with E-state index in [1.165, 1.54) is 11.0 Å². The van der Waals surface area contributed by atoms with E-state index in [0.29, 0.717) is 23.6 Å². The molecule has 0 spiro atoms. The summed E-state index contributed by atoms with van der Waals surface area (Å²) in [5.41, 5.74) is 3.77. The number of nitrogens with zero attached hydrogens (tertiary/aromatic N) is 1. The number of amides is 2. The molecule has 0 saturated heterocycles. The number of hydrogen-bond acceptors (Lipinski definition) is 5. The number of fused-ring (bicyclic) bond motifs is 1. The Morgan fingerprint density at radius 1 is 1.10 bits per heavy atom. The standard InChI is InChI=1S/C23H25N3O4/c1-3-30-23(29)13-18-12-22(28)26(20-7-5-4-6-19(20)25-18)15-21(27)24-14-17-10-8-16(2)9-11-17/h4-12,25H,3,13-15H2,1-2H3,(H,24,27). The summed E-state index contributed by atoms with van der Waals surface area (Å²) in [6.07, 6.45) is 1.28. The van der Waals surface area contributed by atoms with Gasteiger partial charge in [0.2, 0.25) is 5.91 Å². The van der Waals surface area contributed by atoms with E-state index in [1.807, 2.05) is 37.3 Å². The van der Waals surface area contributed by atoms with Crippen LogP contribution in [0.15, 0.2) is 60.3 Å². The van der Waals surface area contributed by atoms with Gasteiger partial charge in [-0.05, 0) is 31.5 Å². The lowest BCUT2D eigenvalue weighted by molar-refractivity contribution is -0.142. The first-order valence-electron chi connectivity index (χ1n) is 9.82. The minimum Gasteiger partial charge on any atom is -0.466 e. The number of hydrogen-bond donors (Lipinski definition) is 2. The van der Waals surface area contributed by atoms with Crippen molar-refractivity contribution in [1.29, 1.82) is 0 Å². The third-order valence-electron chi connectivity index (χ3n) is 4.61. The van der Waals surface area contributed by atoms with Crippen LogP contribution < -0.4 is 15.5 Å². The maximum absolute atomic E-state index is 12.9. The summed E-state index contributed by atoms with van der Waals surface area (Å²) in [5.74, 6) is -1.08. The van der Waals surface area contributed by atoms with Gasteiger partial charge in [-0.1, -0.05) is 42.0 Å². The molecular formula is C23H25N3O4. The molecular weight excluding hydrogens is 382 g/mol. The van der Waals surface area contributed by atoms with Gasteiger partial charge in [0.1, 0.15) is 6.54 Å². The fourth-order valence-electron chi connectivity index (χ4n) is 3.10. The van der Waals surface area contributed by atoms with Gasteiger partial charge in [0.15, 0.2) is 0 Å². The van der Waals surface area contributed by atoms with Gasteiger partial charge in [-0.2, -0.15) is 0 Å². The highest BCUT2D eigenvalue weighted by Crippen LogP contribution is 2.30. The van der Waals surface area contributed by atoms with E-state index in [-0.39, 0.29) is 31.4 Å². The molecule has 0 aliphatic carbocycles. The number of esters is 1. The molecule has 3 rings (SSSR count). The molecule has 7 heteroatoms. The number of benzene rings is 2. The molecule has 0 bridgehead atoms. The average molecular weight is 407 g/mol. The zero-order valence-corrected chi connectivity index (χ0v) is 17.1. The van der Waals surface area contributed by atoms with Crippen molar-refractivity contribution in [3.05, 3.63) is 71.4 Å². The van der Waals surface area contributed by atoms with Gasteiger partial charge >= 0.3 is 5.97 Å². The minimum absolute atomic E-state index is 0.0542. The van der Waals surface area contributed by atoms with Crippen LogP contribution in [0.4, 0.5) is 11.4 Å². The largest absolute Gasteiger partial charge is 0.466 e. The molecule has 1 aliphatic rings. The number of aryl methyl sites for hydroxylation is 1. The van der Waals surface area contributed by atoms with Crippen molar-refractivity contribution in [3.63, 3.8) is 0 Å². The van der Waals surface area contributed by atoms with Crippen LogP contribution in [0, 0.1) is 6.92 Å². The summed E-state index contributed by atoms with van der Waals surface area (Å²) in [7, 11) is 0. The number of anilines is 2. The first kappa shape index (κ1) is 21.1. The Bertz CT molecular complexity index is 967. The van der Waals surface area contributed by atoms with E-state index in [9.17, 15) is 14.4 Å². The Labute approximate surface area is 175 Å². The molecule has 7 nitrogen and oxygen atoms in total. The van der Waals surface area contributed by atoms with Gasteiger partial charge in [0, 0.05) is 18.3 Å². The maximum Gasteiger partial charge on any atom is 0.311 e. The zero-order valence-electron chi connectivity index (χ0n) is 17.1. The lowest BCUT2D eigenvalue weighted by Crippen LogP contribution is -2.39. The summed E-state index contributed by atoms with van der Waals surface area (Å²) in [5, 5.41) is 5.96. The number of nitrogens with one attached hydrogen (secondary N) is 2. The SMILES string of the molecule is CCOC(=O)CC1=CC(=O)N(CC(=O)NCc2ccc(C)cc2)c2ccccc2N1. The molecule has 0 fully saturated rings. The smallest absolute Gasteiger partial charge is 0.311 e. The molecule has 2 aromatic carbocycles. The topological polar surface area (TPSA) is 87.7 Å². The Hall–Kier alpha value is -3.61. The second-order valence-electron chi connectivity index (χ2n) is 6.98. The first-order chi connectivity index (χ1) is 14.5. The Kier molecular flexibility index (Phi) is 6.85. The lowest BCUT2D eigenvalue weighted by atomic mass is 10.1. The average Bonchev–Trinajstić information content (AvgIpc) is 2.84. The third kappa shape index (κ3) is 5.47. The highest BCUT2D eigenvalue weighted by Gasteiger charge is 2.25. The molecule has 2 N–H and O–H groups in total. The van der Waals surface area contributed by atoms with Crippen LogP contribution in [0.5, 0.6) is 0 Å². The summed E-state index contributed by atoms with van der Waals surface area (Å²) in [4.78, 5) is 38.6. The zero-order chi connectivity index (χ0) is 21.5. The normalized spacial score (nSPS) is 12.9. The van der Waals surface area contributed by atoms with Crippen LogP contribution >= 0.6 is 0 Å². The van der Waals surface area contributed by atoms with E-state index in [0.717, 1.165) is 11.1 Å². The van der Waals surface area contributed by atoms with E-state index >= 15 is 0 Å². The predicted octanol–water partition coefficient (Wildman–Crippen LogP) is 2.91. The number of ether oxygens (including phenoxy) is 1. The Morgan fingerprint density at radius 3 is 2.57 bits per heavy atom. The molecule has 156 valence electrons. The van der Waals surface area contributed by atoms with E-state index in [2.05, 4.69) is 10.6 Å². The molecule has 1 heterocycles. The van der Waals surface area contributed by atoms with Gasteiger partial charge in [-0.25, -0.2) is 0 Å². The van der Waals surface area contributed by atoms with Crippen molar-refractivity contribution in [2.45, 2.75) is 26.8 Å². The third-order valence-corrected chi connectivity index (χ3v) is 4.61. The monoisotopic (exact) mass is 407 g/mol. The van der Waals surface area contributed by atoms with Crippen molar-refractivity contribution in [2.75, 3.05) is 23.4 Å². The van der Waals surface area contributed by atoms with Crippen molar-refractivity contribution >= 4 is 29.2 Å². The van der Waals surface area contributed by atoms with Gasteiger partial charge in [0.25, 0.3) is 5.91 Å². The summed E-state index contributed by atoms with van der Waals surface area (Å²) in [6.45, 7) is 4.24. The first-order valence-corrected chi connectivity index (χ1v) is 9.82. The predicted molar refractivity (Wildman–Crippen MR) is 115 cm³/mol. The van der Waals surface area contributed by atoms with E-state index in [4.69, 9.17) is 4.74 Å². The van der Waals surface area contributed by atoms with Crippen molar-refractivity contribution in [1.82, 2.24) is 5.32 Å². The number of rotatable bonds is 7. The van der Waals surface area contributed by atoms with Crippen LogP contribution in [0.2, 0.25) is 0 Å². The summed E-state index contributed by atoms with van der Waals surface area (Å²) < 4.78 is 4.97. The highest BCUT2D eigenvalue weighted by molar-refractivity contribution is 6.09. The minimum atomic E-state index is -0.425. The van der Waals surface area contributed by atoms with Gasteiger partial charge < -0.3 is 15.4 Å². The van der Waals surface area contributed by atoms with E-state index < -0.39 is 5.97 Å². The molecule has 30 heavy (non-hydrogen) atoms. The molecule has 0 unspecified atom stereocenters. The number of carbonyl (C=O) groups excluding carboxylic acids is 3. The molecule has 0 radical (unpaired) electrons. The molecule has 2 aromatic rings. The van der Waals surface area contributed by atoms with Gasteiger partial charge in [-0.3, -0.25) is 19.3 Å².